The minimum Gasteiger partial charge on any atom is -0.467 e. The van der Waals surface area contributed by atoms with Gasteiger partial charge in [-0.2, -0.15) is 0 Å². The van der Waals surface area contributed by atoms with Crippen molar-refractivity contribution in [2.75, 3.05) is 17.9 Å². The van der Waals surface area contributed by atoms with E-state index >= 15 is 0 Å². The highest BCUT2D eigenvalue weighted by molar-refractivity contribution is 5.78. The van der Waals surface area contributed by atoms with Crippen LogP contribution in [-0.2, 0) is 16.0 Å². The SMILES string of the molecule is CCc1c(NN)ncnc1NC(C)C(=O)OC. The molecule has 1 aromatic heterocycles. The number of anilines is 2. The number of nitrogen functional groups attached to an aromatic ring is 1. The van der Waals surface area contributed by atoms with Crippen molar-refractivity contribution in [2.45, 2.75) is 26.3 Å². The maximum absolute atomic E-state index is 11.3. The molecular formula is C10H17N5O2. The fourth-order valence-corrected chi connectivity index (χ4v) is 1.44. The van der Waals surface area contributed by atoms with Crippen molar-refractivity contribution in [1.82, 2.24) is 9.97 Å². The Balaban J connectivity index is 2.94. The zero-order chi connectivity index (χ0) is 12.8. The molecule has 94 valence electrons. The van der Waals surface area contributed by atoms with E-state index in [9.17, 15) is 4.79 Å². The Labute approximate surface area is 99.7 Å². The summed E-state index contributed by atoms with van der Waals surface area (Å²) >= 11 is 0. The van der Waals surface area contributed by atoms with Gasteiger partial charge in [0.1, 0.15) is 24.0 Å². The molecule has 0 amide bonds. The largest absolute Gasteiger partial charge is 0.467 e. The summed E-state index contributed by atoms with van der Waals surface area (Å²) in [6, 6.07) is -0.481. The number of ether oxygens (including phenoxy) is 1. The fraction of sp³-hybridized carbons (Fsp3) is 0.500. The van der Waals surface area contributed by atoms with Gasteiger partial charge in [0.2, 0.25) is 0 Å². The molecule has 7 nitrogen and oxygen atoms in total. The van der Waals surface area contributed by atoms with Crippen molar-refractivity contribution in [3.05, 3.63) is 11.9 Å². The van der Waals surface area contributed by atoms with Crippen LogP contribution in [0.5, 0.6) is 0 Å². The van der Waals surface area contributed by atoms with Crippen LogP contribution in [-0.4, -0.2) is 29.1 Å². The predicted octanol–water partition coefficient (Wildman–Crippen LogP) is 0.298. The second kappa shape index (κ2) is 6.00. The van der Waals surface area contributed by atoms with Crippen LogP contribution >= 0.6 is 0 Å². The standard InChI is InChI=1S/C10H17N5O2/c1-4-7-8(12-5-13-9(7)15-11)14-6(2)10(16)17-3/h5-6H,4,11H2,1-3H3,(H2,12,13,14,15). The third-order valence-electron chi connectivity index (χ3n) is 2.34. The van der Waals surface area contributed by atoms with Crippen LogP contribution < -0.4 is 16.6 Å². The quantitative estimate of drug-likeness (QED) is 0.386. The van der Waals surface area contributed by atoms with Gasteiger partial charge in [-0.25, -0.2) is 20.6 Å². The van der Waals surface area contributed by atoms with E-state index in [-0.39, 0.29) is 5.97 Å². The number of carbonyl (C=O) groups is 1. The van der Waals surface area contributed by atoms with Crippen molar-refractivity contribution in [3.63, 3.8) is 0 Å². The van der Waals surface area contributed by atoms with Crippen LogP contribution in [0, 0.1) is 0 Å². The number of nitrogens with one attached hydrogen (secondary N) is 2. The summed E-state index contributed by atoms with van der Waals surface area (Å²) in [5, 5.41) is 2.97. The van der Waals surface area contributed by atoms with Crippen LogP contribution in [0.25, 0.3) is 0 Å². The van der Waals surface area contributed by atoms with E-state index in [1.165, 1.54) is 13.4 Å². The first-order valence-electron chi connectivity index (χ1n) is 5.28. The Morgan fingerprint density at radius 1 is 1.53 bits per heavy atom. The summed E-state index contributed by atoms with van der Waals surface area (Å²) in [6.45, 7) is 3.65. The Morgan fingerprint density at radius 2 is 2.18 bits per heavy atom. The number of methoxy groups -OCH3 is 1. The molecule has 1 heterocycles. The van der Waals surface area contributed by atoms with Crippen molar-refractivity contribution in [3.8, 4) is 0 Å². The monoisotopic (exact) mass is 239 g/mol. The Kier molecular flexibility index (Phi) is 4.65. The summed E-state index contributed by atoms with van der Waals surface area (Å²) in [7, 11) is 1.34. The van der Waals surface area contributed by atoms with Crippen LogP contribution in [0.15, 0.2) is 6.33 Å². The van der Waals surface area contributed by atoms with Crippen LogP contribution in [0.3, 0.4) is 0 Å². The second-order valence-electron chi connectivity index (χ2n) is 3.44. The lowest BCUT2D eigenvalue weighted by Gasteiger charge is -2.16. The zero-order valence-corrected chi connectivity index (χ0v) is 10.2. The summed E-state index contributed by atoms with van der Waals surface area (Å²) in [5.74, 6) is 6.12. The van der Waals surface area contributed by atoms with Gasteiger partial charge in [0.15, 0.2) is 0 Å². The summed E-state index contributed by atoms with van der Waals surface area (Å²) in [4.78, 5) is 19.4. The predicted molar refractivity (Wildman–Crippen MR) is 64.3 cm³/mol. The molecule has 1 aromatic rings. The molecule has 1 atom stereocenters. The molecule has 0 radical (unpaired) electrons. The number of carbonyl (C=O) groups excluding carboxylic acids is 1. The lowest BCUT2D eigenvalue weighted by atomic mass is 10.2. The molecule has 1 rings (SSSR count). The normalized spacial score (nSPS) is 11.8. The van der Waals surface area contributed by atoms with Gasteiger partial charge in [0.05, 0.1) is 7.11 Å². The molecule has 0 saturated heterocycles. The lowest BCUT2D eigenvalue weighted by Crippen LogP contribution is -2.28. The molecular weight excluding hydrogens is 222 g/mol. The minimum atomic E-state index is -0.481. The number of nitrogens with two attached hydrogens (primary N) is 1. The molecule has 17 heavy (non-hydrogen) atoms. The molecule has 0 aliphatic carbocycles. The van der Waals surface area contributed by atoms with Crippen molar-refractivity contribution < 1.29 is 9.53 Å². The molecule has 0 bridgehead atoms. The van der Waals surface area contributed by atoms with E-state index in [4.69, 9.17) is 5.84 Å². The summed E-state index contributed by atoms with van der Waals surface area (Å²) in [5.41, 5.74) is 3.32. The summed E-state index contributed by atoms with van der Waals surface area (Å²) in [6.07, 6.45) is 2.07. The first-order chi connectivity index (χ1) is 8.13. The van der Waals surface area contributed by atoms with Gasteiger partial charge in [-0.05, 0) is 13.3 Å². The van der Waals surface area contributed by atoms with Gasteiger partial charge in [0, 0.05) is 5.56 Å². The van der Waals surface area contributed by atoms with Gasteiger partial charge in [-0.3, -0.25) is 0 Å². The van der Waals surface area contributed by atoms with Gasteiger partial charge in [0.25, 0.3) is 0 Å². The van der Waals surface area contributed by atoms with Gasteiger partial charge in [-0.15, -0.1) is 0 Å². The number of hydrogen-bond acceptors (Lipinski definition) is 7. The highest BCUT2D eigenvalue weighted by Gasteiger charge is 2.16. The fourth-order valence-electron chi connectivity index (χ4n) is 1.44. The molecule has 7 heteroatoms. The molecule has 1 unspecified atom stereocenters. The number of nitrogens with zero attached hydrogens (tertiary/aromatic N) is 2. The van der Waals surface area contributed by atoms with E-state index in [2.05, 4.69) is 25.4 Å². The second-order valence-corrected chi connectivity index (χ2v) is 3.44. The number of aromatic nitrogens is 2. The molecule has 4 N–H and O–H groups in total. The van der Waals surface area contributed by atoms with E-state index in [1.807, 2.05) is 6.92 Å². The van der Waals surface area contributed by atoms with Crippen molar-refractivity contribution >= 4 is 17.6 Å². The van der Waals surface area contributed by atoms with Gasteiger partial charge >= 0.3 is 5.97 Å². The average Bonchev–Trinajstić information content (AvgIpc) is 2.37. The molecule has 0 aliphatic heterocycles. The maximum Gasteiger partial charge on any atom is 0.328 e. The average molecular weight is 239 g/mol. The van der Waals surface area contributed by atoms with Gasteiger partial charge < -0.3 is 15.5 Å². The van der Waals surface area contributed by atoms with Gasteiger partial charge in [-0.1, -0.05) is 6.92 Å². The Morgan fingerprint density at radius 3 is 2.71 bits per heavy atom. The first kappa shape index (κ1) is 13.2. The molecule has 0 fully saturated rings. The van der Waals surface area contributed by atoms with Crippen LogP contribution in [0.1, 0.15) is 19.4 Å². The smallest absolute Gasteiger partial charge is 0.328 e. The Hall–Kier alpha value is -1.89. The van der Waals surface area contributed by atoms with Crippen molar-refractivity contribution in [1.29, 1.82) is 0 Å². The highest BCUT2D eigenvalue weighted by atomic mass is 16.5. The minimum absolute atomic E-state index is 0.354. The molecule has 0 saturated carbocycles. The highest BCUT2D eigenvalue weighted by Crippen LogP contribution is 2.20. The lowest BCUT2D eigenvalue weighted by molar-refractivity contribution is -0.141. The van der Waals surface area contributed by atoms with Crippen LogP contribution in [0.2, 0.25) is 0 Å². The van der Waals surface area contributed by atoms with E-state index in [1.54, 1.807) is 6.92 Å². The summed E-state index contributed by atoms with van der Waals surface area (Å²) < 4.78 is 4.63. The zero-order valence-electron chi connectivity index (χ0n) is 10.2. The van der Waals surface area contributed by atoms with E-state index in [0.29, 0.717) is 18.1 Å². The topological polar surface area (TPSA) is 102 Å². The van der Waals surface area contributed by atoms with E-state index in [0.717, 1.165) is 5.56 Å². The third-order valence-corrected chi connectivity index (χ3v) is 2.34. The third kappa shape index (κ3) is 3.04. The number of rotatable bonds is 5. The first-order valence-corrected chi connectivity index (χ1v) is 5.28. The Bertz CT molecular complexity index is 396. The molecule has 0 spiro atoms. The van der Waals surface area contributed by atoms with Crippen molar-refractivity contribution in [2.24, 2.45) is 5.84 Å². The number of esters is 1. The molecule has 0 aromatic carbocycles. The maximum atomic E-state index is 11.3. The number of hydrazine groups is 1. The molecule has 0 aliphatic rings. The number of hydrogen-bond donors (Lipinski definition) is 3. The van der Waals surface area contributed by atoms with E-state index < -0.39 is 6.04 Å². The van der Waals surface area contributed by atoms with Crippen LogP contribution in [0.4, 0.5) is 11.6 Å².